The van der Waals surface area contributed by atoms with Gasteiger partial charge < -0.3 is 10.6 Å². The summed E-state index contributed by atoms with van der Waals surface area (Å²) >= 11 is 0. The van der Waals surface area contributed by atoms with Gasteiger partial charge in [0.1, 0.15) is 0 Å². The summed E-state index contributed by atoms with van der Waals surface area (Å²) in [5.74, 6) is 0.796. The number of carbonyl (C=O) groups excluding carboxylic acids is 1. The van der Waals surface area contributed by atoms with E-state index in [0.717, 1.165) is 36.1 Å². The molecule has 0 bridgehead atoms. The third kappa shape index (κ3) is 4.19. The minimum absolute atomic E-state index is 0. The zero-order chi connectivity index (χ0) is 13.8. The predicted molar refractivity (Wildman–Crippen MR) is 86.8 cm³/mol. The standard InChI is InChI=1S/C15H20N4O.ClH/c20-15(4-1-11-5-7-16-8-6-11)18-13-2-3-14-12(9-13)10-17-19-14;/h2-3,9-11,16H,1,4-8H2,(H,17,19)(H,18,20);1H. The lowest BCUT2D eigenvalue weighted by Gasteiger charge is -2.22. The monoisotopic (exact) mass is 308 g/mol. The van der Waals surface area contributed by atoms with Gasteiger partial charge in [-0.15, -0.1) is 12.4 Å². The molecule has 1 amide bonds. The van der Waals surface area contributed by atoms with Crippen molar-refractivity contribution in [2.75, 3.05) is 18.4 Å². The zero-order valence-electron chi connectivity index (χ0n) is 11.9. The molecule has 0 radical (unpaired) electrons. The molecule has 0 saturated carbocycles. The summed E-state index contributed by atoms with van der Waals surface area (Å²) in [6.45, 7) is 2.17. The third-order valence-corrected chi connectivity index (χ3v) is 3.96. The molecule has 1 aliphatic rings. The van der Waals surface area contributed by atoms with Gasteiger partial charge in [0.15, 0.2) is 0 Å². The van der Waals surface area contributed by atoms with Gasteiger partial charge in [-0.1, -0.05) is 0 Å². The first-order chi connectivity index (χ1) is 9.81. The highest BCUT2D eigenvalue weighted by Gasteiger charge is 2.14. The van der Waals surface area contributed by atoms with Gasteiger partial charge in [-0.25, -0.2) is 0 Å². The number of amides is 1. The van der Waals surface area contributed by atoms with Crippen LogP contribution in [0.25, 0.3) is 10.9 Å². The zero-order valence-corrected chi connectivity index (χ0v) is 12.7. The number of piperidine rings is 1. The molecule has 0 aliphatic carbocycles. The van der Waals surface area contributed by atoms with Crippen molar-refractivity contribution in [3.8, 4) is 0 Å². The van der Waals surface area contributed by atoms with E-state index in [1.54, 1.807) is 6.20 Å². The van der Waals surface area contributed by atoms with Crippen molar-refractivity contribution >= 4 is 34.9 Å². The summed E-state index contributed by atoms with van der Waals surface area (Å²) in [5.41, 5.74) is 1.83. The second-order valence-corrected chi connectivity index (χ2v) is 5.45. The maximum absolute atomic E-state index is 12.0. The Morgan fingerprint density at radius 2 is 2.14 bits per heavy atom. The Morgan fingerprint density at radius 3 is 2.95 bits per heavy atom. The van der Waals surface area contributed by atoms with E-state index in [2.05, 4.69) is 20.8 Å². The number of rotatable bonds is 4. The molecule has 1 aromatic carbocycles. The highest BCUT2D eigenvalue weighted by atomic mass is 35.5. The van der Waals surface area contributed by atoms with Gasteiger partial charge >= 0.3 is 0 Å². The number of benzene rings is 1. The van der Waals surface area contributed by atoms with Crippen LogP contribution in [-0.2, 0) is 4.79 Å². The van der Waals surface area contributed by atoms with Crippen LogP contribution in [-0.4, -0.2) is 29.2 Å². The van der Waals surface area contributed by atoms with E-state index >= 15 is 0 Å². The summed E-state index contributed by atoms with van der Waals surface area (Å²) in [6.07, 6.45) is 5.73. The summed E-state index contributed by atoms with van der Waals surface area (Å²) in [5, 5.41) is 14.2. The number of hydrogen-bond donors (Lipinski definition) is 3. The second-order valence-electron chi connectivity index (χ2n) is 5.45. The summed E-state index contributed by atoms with van der Waals surface area (Å²) < 4.78 is 0. The van der Waals surface area contributed by atoms with Crippen LogP contribution in [0.15, 0.2) is 24.4 Å². The molecule has 1 saturated heterocycles. The van der Waals surface area contributed by atoms with Crippen LogP contribution in [0.1, 0.15) is 25.7 Å². The Kier molecular flexibility index (Phi) is 5.59. The van der Waals surface area contributed by atoms with Crippen LogP contribution in [0.5, 0.6) is 0 Å². The molecule has 2 aromatic rings. The lowest BCUT2D eigenvalue weighted by atomic mass is 9.93. The maximum Gasteiger partial charge on any atom is 0.224 e. The molecule has 6 heteroatoms. The van der Waals surface area contributed by atoms with Crippen molar-refractivity contribution in [1.82, 2.24) is 15.5 Å². The van der Waals surface area contributed by atoms with E-state index in [4.69, 9.17) is 0 Å². The fourth-order valence-electron chi connectivity index (χ4n) is 2.75. The van der Waals surface area contributed by atoms with Gasteiger partial charge in [0, 0.05) is 17.5 Å². The largest absolute Gasteiger partial charge is 0.326 e. The molecule has 0 unspecified atom stereocenters. The van der Waals surface area contributed by atoms with Crippen molar-refractivity contribution in [3.05, 3.63) is 24.4 Å². The van der Waals surface area contributed by atoms with Crippen LogP contribution in [0.4, 0.5) is 5.69 Å². The highest BCUT2D eigenvalue weighted by molar-refractivity contribution is 5.93. The molecule has 3 N–H and O–H groups in total. The molecule has 114 valence electrons. The topological polar surface area (TPSA) is 69.8 Å². The number of aromatic nitrogens is 2. The number of nitrogens with zero attached hydrogens (tertiary/aromatic N) is 1. The Balaban J connectivity index is 0.00000161. The number of H-pyrrole nitrogens is 1. The van der Waals surface area contributed by atoms with Gasteiger partial charge in [0.2, 0.25) is 5.91 Å². The smallest absolute Gasteiger partial charge is 0.224 e. The highest BCUT2D eigenvalue weighted by Crippen LogP contribution is 2.20. The van der Waals surface area contributed by atoms with Gasteiger partial charge in [0.05, 0.1) is 11.7 Å². The van der Waals surface area contributed by atoms with Gasteiger partial charge in [-0.05, 0) is 56.5 Å². The molecule has 21 heavy (non-hydrogen) atoms. The van der Waals surface area contributed by atoms with Crippen molar-refractivity contribution in [3.63, 3.8) is 0 Å². The second kappa shape index (κ2) is 7.43. The number of hydrogen-bond acceptors (Lipinski definition) is 3. The van der Waals surface area contributed by atoms with Crippen LogP contribution < -0.4 is 10.6 Å². The third-order valence-electron chi connectivity index (χ3n) is 3.96. The Labute approximate surface area is 130 Å². The Hall–Kier alpha value is -1.59. The lowest BCUT2D eigenvalue weighted by Crippen LogP contribution is -2.28. The van der Waals surface area contributed by atoms with Crippen molar-refractivity contribution in [2.24, 2.45) is 5.92 Å². The molecule has 3 rings (SSSR count). The number of aromatic amines is 1. The van der Waals surface area contributed by atoms with E-state index in [9.17, 15) is 4.79 Å². The first-order valence-electron chi connectivity index (χ1n) is 7.25. The molecule has 1 fully saturated rings. The quantitative estimate of drug-likeness (QED) is 0.813. The SMILES string of the molecule is Cl.O=C(CCC1CCNCC1)Nc1ccc2[nH]ncc2c1. The number of anilines is 1. The van der Waals surface area contributed by atoms with Gasteiger partial charge in [0.25, 0.3) is 0 Å². The average Bonchev–Trinajstić information content (AvgIpc) is 2.94. The van der Waals surface area contributed by atoms with E-state index in [1.165, 1.54) is 12.8 Å². The molecule has 5 nitrogen and oxygen atoms in total. The number of carbonyl (C=O) groups is 1. The first kappa shape index (κ1) is 15.8. The fraction of sp³-hybridized carbons (Fsp3) is 0.467. The number of nitrogens with one attached hydrogen (secondary N) is 3. The molecule has 1 aliphatic heterocycles. The Morgan fingerprint density at radius 1 is 1.33 bits per heavy atom. The number of halogens is 1. The predicted octanol–water partition coefficient (Wildman–Crippen LogP) is 2.70. The van der Waals surface area contributed by atoms with E-state index in [1.807, 2.05) is 18.2 Å². The van der Waals surface area contributed by atoms with Gasteiger partial charge in [-0.3, -0.25) is 9.89 Å². The normalized spacial score (nSPS) is 15.6. The molecular weight excluding hydrogens is 288 g/mol. The van der Waals surface area contributed by atoms with E-state index in [-0.39, 0.29) is 18.3 Å². The molecule has 2 heterocycles. The van der Waals surface area contributed by atoms with E-state index < -0.39 is 0 Å². The van der Waals surface area contributed by atoms with Crippen molar-refractivity contribution in [1.29, 1.82) is 0 Å². The molecule has 0 spiro atoms. The molecule has 0 atom stereocenters. The molecule has 1 aromatic heterocycles. The maximum atomic E-state index is 12.0. The summed E-state index contributed by atoms with van der Waals surface area (Å²) in [6, 6.07) is 5.79. The van der Waals surface area contributed by atoms with Crippen LogP contribution >= 0.6 is 12.4 Å². The number of fused-ring (bicyclic) bond motifs is 1. The minimum Gasteiger partial charge on any atom is -0.326 e. The minimum atomic E-state index is 0. The van der Waals surface area contributed by atoms with Crippen molar-refractivity contribution < 1.29 is 4.79 Å². The fourth-order valence-corrected chi connectivity index (χ4v) is 2.75. The van der Waals surface area contributed by atoms with Crippen LogP contribution in [0, 0.1) is 5.92 Å². The first-order valence-corrected chi connectivity index (χ1v) is 7.25. The summed E-state index contributed by atoms with van der Waals surface area (Å²) in [4.78, 5) is 12.0. The van der Waals surface area contributed by atoms with Crippen LogP contribution in [0.3, 0.4) is 0 Å². The van der Waals surface area contributed by atoms with Gasteiger partial charge in [-0.2, -0.15) is 5.10 Å². The molecular formula is C15H21ClN4O. The Bertz CT molecular complexity index is 592. The summed E-state index contributed by atoms with van der Waals surface area (Å²) in [7, 11) is 0. The van der Waals surface area contributed by atoms with E-state index in [0.29, 0.717) is 12.3 Å². The van der Waals surface area contributed by atoms with Crippen LogP contribution in [0.2, 0.25) is 0 Å². The van der Waals surface area contributed by atoms with Crippen molar-refractivity contribution in [2.45, 2.75) is 25.7 Å². The lowest BCUT2D eigenvalue weighted by molar-refractivity contribution is -0.116. The average molecular weight is 309 g/mol.